The maximum Gasteiger partial charge on any atom is 1.00 e. The standard InChI is InChI=1S/C11H18N2O3.C3H6OS2.K.Na.2H/c1-4-6-7(3)11(5-2)8(14)12-10(16)13-9(11)15;1-2-4-3(5)6;;;;/h7H,4-6H2,1-3H3,(H2,12,13,14,15,16);2H2,1H3,(H,5,6);;;;/q;;2*+1;2*-1. The molecule has 0 radical (unpaired) electrons. The van der Waals surface area contributed by atoms with Crippen molar-refractivity contribution in [2.24, 2.45) is 11.3 Å². The van der Waals surface area contributed by atoms with Crippen molar-refractivity contribution >= 4 is 47.1 Å². The van der Waals surface area contributed by atoms with Gasteiger partial charge in [0.15, 0.2) is 0 Å². The number of ether oxygens (including phenoxy) is 1. The first-order valence-corrected chi connectivity index (χ1v) is 8.14. The fourth-order valence-electron chi connectivity index (χ4n) is 2.48. The van der Waals surface area contributed by atoms with Crippen molar-refractivity contribution in [2.45, 2.75) is 47.0 Å². The van der Waals surface area contributed by atoms with Crippen LogP contribution in [0.1, 0.15) is 49.8 Å². The molecule has 0 aliphatic carbocycles. The molecular weight excluding hydrogens is 386 g/mol. The molecule has 1 aliphatic rings. The van der Waals surface area contributed by atoms with Crippen molar-refractivity contribution < 1.29 is 103 Å². The fourth-order valence-corrected chi connectivity index (χ4v) is 2.73. The second kappa shape index (κ2) is 15.5. The number of imide groups is 2. The van der Waals surface area contributed by atoms with Gasteiger partial charge in [0.2, 0.25) is 16.2 Å². The number of barbiturate groups is 1. The van der Waals surface area contributed by atoms with Gasteiger partial charge >= 0.3 is 87.0 Å². The van der Waals surface area contributed by atoms with E-state index in [0.717, 1.165) is 12.8 Å². The first kappa shape index (κ1) is 30.2. The minimum atomic E-state index is -1.09. The van der Waals surface area contributed by atoms with Crippen LogP contribution in [0.3, 0.4) is 0 Å². The molecule has 1 unspecified atom stereocenters. The molecule has 0 aromatic rings. The molecule has 130 valence electrons. The zero-order valence-corrected chi connectivity index (χ0v) is 22.2. The van der Waals surface area contributed by atoms with Gasteiger partial charge < -0.3 is 7.59 Å². The summed E-state index contributed by atoms with van der Waals surface area (Å²) in [6.07, 6.45) is 2.08. The molecule has 0 aromatic heterocycles. The third-order valence-electron chi connectivity index (χ3n) is 3.65. The van der Waals surface area contributed by atoms with Crippen LogP contribution >= 0.6 is 24.8 Å². The normalized spacial score (nSPS) is 16.1. The Morgan fingerprint density at radius 3 is 1.96 bits per heavy atom. The Bertz CT molecular complexity index is 443. The summed E-state index contributed by atoms with van der Waals surface area (Å²) in [5, 5.41) is 4.36. The molecule has 0 spiro atoms. The van der Waals surface area contributed by atoms with E-state index in [4.69, 9.17) is 0 Å². The van der Waals surface area contributed by atoms with Crippen molar-refractivity contribution in [1.82, 2.24) is 10.6 Å². The first-order chi connectivity index (χ1) is 10.3. The molecule has 1 aliphatic heterocycles. The molecule has 0 saturated carbocycles. The van der Waals surface area contributed by atoms with E-state index in [2.05, 4.69) is 40.2 Å². The summed E-state index contributed by atoms with van der Waals surface area (Å²) in [5.41, 5.74) is -1.09. The summed E-state index contributed by atoms with van der Waals surface area (Å²) < 4.78 is 4.95. The third kappa shape index (κ3) is 8.92. The molecule has 6 nitrogen and oxygen atoms in total. The molecule has 0 aromatic carbocycles. The van der Waals surface area contributed by atoms with Gasteiger partial charge in [-0.15, -0.1) is 0 Å². The number of nitrogens with one attached hydrogen (secondary N) is 2. The predicted octanol–water partition coefficient (Wildman–Crippen LogP) is -3.34. The number of hydrogen-bond acceptors (Lipinski definition) is 5. The molecule has 1 heterocycles. The van der Waals surface area contributed by atoms with Crippen LogP contribution in [0.25, 0.3) is 0 Å². The van der Waals surface area contributed by atoms with Gasteiger partial charge in [-0.1, -0.05) is 39.8 Å². The fraction of sp³-hybridized carbons (Fsp3) is 0.714. The van der Waals surface area contributed by atoms with Gasteiger partial charge in [0.05, 0.1) is 6.61 Å². The maximum atomic E-state index is 11.9. The van der Waals surface area contributed by atoms with Gasteiger partial charge in [-0.3, -0.25) is 20.2 Å². The average Bonchev–Trinajstić information content (AvgIpc) is 2.39. The summed E-state index contributed by atoms with van der Waals surface area (Å²) in [5.74, 6) is -1.01. The molecule has 1 atom stereocenters. The largest absolute Gasteiger partial charge is 1.00 e. The Morgan fingerprint density at radius 2 is 1.71 bits per heavy atom. The van der Waals surface area contributed by atoms with E-state index < -0.39 is 23.3 Å². The van der Waals surface area contributed by atoms with Crippen LogP contribution in [-0.4, -0.2) is 28.8 Å². The maximum absolute atomic E-state index is 11.9. The van der Waals surface area contributed by atoms with Crippen LogP contribution in [0.5, 0.6) is 0 Å². The van der Waals surface area contributed by atoms with Crippen molar-refractivity contribution in [1.29, 1.82) is 0 Å². The summed E-state index contributed by atoms with van der Waals surface area (Å²) in [4.78, 5) is 34.8. The van der Waals surface area contributed by atoms with Gasteiger partial charge in [-0.2, -0.15) is 0 Å². The number of carbonyl (C=O) groups is 3. The van der Waals surface area contributed by atoms with E-state index >= 15 is 0 Å². The number of carbonyl (C=O) groups excluding carboxylic acids is 3. The number of hydrogen-bond donors (Lipinski definition) is 3. The molecule has 1 saturated heterocycles. The smallest absolute Gasteiger partial charge is 1.00 e. The quantitative estimate of drug-likeness (QED) is 0.190. The molecule has 1 rings (SSSR count). The molecule has 2 N–H and O–H groups in total. The van der Waals surface area contributed by atoms with E-state index in [-0.39, 0.29) is 89.7 Å². The Labute approximate surface area is 222 Å². The number of amides is 4. The minimum absolute atomic E-state index is 0. The monoisotopic (exact) mass is 412 g/mol. The molecule has 1 fully saturated rings. The van der Waals surface area contributed by atoms with Gasteiger partial charge in [0, 0.05) is 0 Å². The zero-order chi connectivity index (χ0) is 17.3. The SMILES string of the molecule is CCCC(C)C1(CC)C(=O)NC(=O)NC1=O.CCOC(=S)S.[H-].[H-].[K+].[Na+]. The van der Waals surface area contributed by atoms with E-state index in [1.807, 2.05) is 20.8 Å². The van der Waals surface area contributed by atoms with Crippen molar-refractivity contribution in [3.8, 4) is 0 Å². The molecular formula is C14H26KN2NaO4S2. The van der Waals surface area contributed by atoms with E-state index in [0.29, 0.717) is 17.4 Å². The predicted molar refractivity (Wildman–Crippen MR) is 93.9 cm³/mol. The zero-order valence-electron chi connectivity index (χ0n) is 17.4. The van der Waals surface area contributed by atoms with Crippen molar-refractivity contribution in [3.63, 3.8) is 0 Å². The minimum Gasteiger partial charge on any atom is -1.00 e. The van der Waals surface area contributed by atoms with Gasteiger partial charge in [-0.25, -0.2) is 4.79 Å². The number of thiol groups is 1. The summed E-state index contributed by atoms with van der Waals surface area (Å²) in [6, 6.07) is -0.720. The Morgan fingerprint density at radius 1 is 1.25 bits per heavy atom. The number of thiocarbonyl (C=S) groups is 1. The van der Waals surface area contributed by atoms with E-state index in [9.17, 15) is 14.4 Å². The van der Waals surface area contributed by atoms with E-state index in [1.165, 1.54) is 0 Å². The molecule has 0 bridgehead atoms. The summed E-state index contributed by atoms with van der Waals surface area (Å²) in [7, 11) is 0. The Balaban J connectivity index is -0.000000129. The second-order valence-corrected chi connectivity index (χ2v) is 6.03. The summed E-state index contributed by atoms with van der Waals surface area (Å²) in [6.45, 7) is 8.15. The Kier molecular flexibility index (Phi) is 19.6. The van der Waals surface area contributed by atoms with Crippen molar-refractivity contribution in [3.05, 3.63) is 0 Å². The molecule has 4 amide bonds. The second-order valence-electron chi connectivity index (χ2n) is 4.95. The summed E-state index contributed by atoms with van der Waals surface area (Å²) >= 11 is 8.12. The number of rotatable bonds is 5. The van der Waals surface area contributed by atoms with Crippen LogP contribution in [0.2, 0.25) is 0 Å². The van der Waals surface area contributed by atoms with Gasteiger partial charge in [-0.05, 0) is 37.9 Å². The van der Waals surface area contributed by atoms with E-state index in [1.54, 1.807) is 6.92 Å². The number of urea groups is 1. The van der Waals surface area contributed by atoms with Crippen LogP contribution in [0.15, 0.2) is 0 Å². The third-order valence-corrected chi connectivity index (χ3v) is 3.90. The van der Waals surface area contributed by atoms with Crippen molar-refractivity contribution in [2.75, 3.05) is 6.61 Å². The van der Waals surface area contributed by atoms with Crippen LogP contribution in [0.4, 0.5) is 4.79 Å². The van der Waals surface area contributed by atoms with Crippen LogP contribution < -0.4 is 91.6 Å². The van der Waals surface area contributed by atoms with Crippen LogP contribution in [-0.2, 0) is 14.3 Å². The Hall–Kier alpha value is 1.49. The molecule has 10 heteroatoms. The average molecular weight is 413 g/mol. The topological polar surface area (TPSA) is 84.5 Å². The molecule has 24 heavy (non-hydrogen) atoms. The van der Waals surface area contributed by atoms with Gasteiger partial charge in [0.1, 0.15) is 5.41 Å². The van der Waals surface area contributed by atoms with Crippen LogP contribution in [0, 0.1) is 11.3 Å². The van der Waals surface area contributed by atoms with Gasteiger partial charge in [0.25, 0.3) is 0 Å². The first-order valence-electron chi connectivity index (χ1n) is 7.28.